The first kappa shape index (κ1) is 16.8. The third kappa shape index (κ3) is 6.17. The average Bonchev–Trinajstić information content (AvgIpc) is 2.46. The Morgan fingerprint density at radius 3 is 2.76 bits per heavy atom. The lowest BCUT2D eigenvalue weighted by Crippen LogP contribution is -1.94. The minimum atomic E-state index is -0.0801. The van der Waals surface area contributed by atoms with E-state index in [0.717, 1.165) is 24.8 Å². The highest BCUT2D eigenvalue weighted by molar-refractivity contribution is 5.90. The molecule has 0 fully saturated rings. The molecule has 0 unspecified atom stereocenters. The summed E-state index contributed by atoms with van der Waals surface area (Å²) in [4.78, 5) is 11.6. The van der Waals surface area contributed by atoms with Crippen LogP contribution >= 0.6 is 0 Å². The normalized spacial score (nSPS) is 11.8. The number of aromatic hydroxyl groups is 1. The van der Waals surface area contributed by atoms with E-state index in [2.05, 4.69) is 6.92 Å². The van der Waals surface area contributed by atoms with E-state index >= 15 is 0 Å². The van der Waals surface area contributed by atoms with Crippen LogP contribution in [0, 0.1) is 0 Å². The Hall–Kier alpha value is -2.23. The van der Waals surface area contributed by atoms with E-state index in [9.17, 15) is 15.0 Å². The Kier molecular flexibility index (Phi) is 7.09. The van der Waals surface area contributed by atoms with E-state index in [1.54, 1.807) is 18.2 Å². The molecule has 4 nitrogen and oxygen atoms in total. The number of hydrogen-bond acceptors (Lipinski definition) is 4. The van der Waals surface area contributed by atoms with E-state index in [1.807, 2.05) is 0 Å². The third-order valence-electron chi connectivity index (χ3n) is 2.99. The van der Waals surface area contributed by atoms with E-state index in [4.69, 9.17) is 4.74 Å². The standard InChI is InChI=1S/C17H22O4/c1-3-4-5-6-14(18)12-15(19)9-7-13-8-10-16(20)17(11-13)21-2/h7-12,19-20H,3-6H2,1-2H3/b9-7-,15-12-. The van der Waals surface area contributed by atoms with Crippen molar-refractivity contribution in [2.75, 3.05) is 7.11 Å². The van der Waals surface area contributed by atoms with Gasteiger partial charge in [0.05, 0.1) is 7.11 Å². The van der Waals surface area contributed by atoms with Gasteiger partial charge in [0.2, 0.25) is 0 Å². The summed E-state index contributed by atoms with van der Waals surface area (Å²) in [5.41, 5.74) is 0.753. The largest absolute Gasteiger partial charge is 0.508 e. The molecule has 21 heavy (non-hydrogen) atoms. The highest BCUT2D eigenvalue weighted by atomic mass is 16.5. The Labute approximate surface area is 125 Å². The topological polar surface area (TPSA) is 66.8 Å². The van der Waals surface area contributed by atoms with E-state index < -0.39 is 0 Å². The zero-order valence-corrected chi connectivity index (χ0v) is 12.5. The second-order valence-electron chi connectivity index (χ2n) is 4.76. The summed E-state index contributed by atoms with van der Waals surface area (Å²) in [7, 11) is 1.47. The molecule has 0 aromatic heterocycles. The lowest BCUT2D eigenvalue weighted by Gasteiger charge is -2.03. The number of methoxy groups -OCH3 is 1. The number of rotatable bonds is 8. The maximum atomic E-state index is 11.6. The molecule has 114 valence electrons. The fraction of sp³-hybridized carbons (Fsp3) is 0.353. The van der Waals surface area contributed by atoms with Crippen LogP contribution in [0.2, 0.25) is 0 Å². The molecule has 0 radical (unpaired) electrons. The molecule has 1 rings (SSSR count). The van der Waals surface area contributed by atoms with Crippen LogP contribution in [0.1, 0.15) is 38.2 Å². The highest BCUT2D eigenvalue weighted by Crippen LogP contribution is 2.26. The molecule has 0 aliphatic rings. The van der Waals surface area contributed by atoms with Crippen molar-refractivity contribution in [3.05, 3.63) is 41.7 Å². The van der Waals surface area contributed by atoms with E-state index in [-0.39, 0.29) is 17.3 Å². The van der Waals surface area contributed by atoms with Gasteiger partial charge in [0.1, 0.15) is 5.76 Å². The van der Waals surface area contributed by atoms with Gasteiger partial charge in [-0.05, 0) is 30.2 Å². The SMILES string of the molecule is CCCCCC(=O)/C=C(O)/C=C\c1ccc(O)c(OC)c1. The van der Waals surface area contributed by atoms with Crippen molar-refractivity contribution in [1.29, 1.82) is 0 Å². The molecule has 0 aliphatic carbocycles. The van der Waals surface area contributed by atoms with Crippen LogP contribution in [0.5, 0.6) is 11.5 Å². The number of allylic oxidation sites excluding steroid dienone is 2. The summed E-state index contributed by atoms with van der Waals surface area (Å²) in [5.74, 6) is 0.259. The summed E-state index contributed by atoms with van der Waals surface area (Å²) in [6.45, 7) is 2.08. The van der Waals surface area contributed by atoms with Crippen molar-refractivity contribution >= 4 is 11.9 Å². The zero-order chi connectivity index (χ0) is 15.7. The number of ether oxygens (including phenoxy) is 1. The number of hydrogen-bond donors (Lipinski definition) is 2. The summed E-state index contributed by atoms with van der Waals surface area (Å²) < 4.78 is 5.00. The number of phenols is 1. The lowest BCUT2D eigenvalue weighted by molar-refractivity contribution is -0.114. The number of carbonyl (C=O) groups excluding carboxylic acids is 1. The molecule has 0 aliphatic heterocycles. The summed E-state index contributed by atoms with van der Waals surface area (Å²) in [5, 5.41) is 19.2. The van der Waals surface area contributed by atoms with Gasteiger partial charge < -0.3 is 14.9 Å². The number of ketones is 1. The second-order valence-corrected chi connectivity index (χ2v) is 4.76. The lowest BCUT2D eigenvalue weighted by atomic mass is 10.1. The molecule has 1 aromatic carbocycles. The van der Waals surface area contributed by atoms with Gasteiger partial charge in [0.15, 0.2) is 17.3 Å². The van der Waals surface area contributed by atoms with Crippen molar-refractivity contribution in [1.82, 2.24) is 0 Å². The van der Waals surface area contributed by atoms with Gasteiger partial charge in [-0.2, -0.15) is 0 Å². The Morgan fingerprint density at radius 2 is 2.10 bits per heavy atom. The van der Waals surface area contributed by atoms with Gasteiger partial charge in [-0.3, -0.25) is 4.79 Å². The van der Waals surface area contributed by atoms with Gasteiger partial charge in [-0.15, -0.1) is 0 Å². The van der Waals surface area contributed by atoms with Crippen molar-refractivity contribution in [3.63, 3.8) is 0 Å². The molecule has 0 saturated heterocycles. The van der Waals surface area contributed by atoms with Gasteiger partial charge >= 0.3 is 0 Å². The molecule has 0 amide bonds. The predicted molar refractivity (Wildman–Crippen MR) is 83.6 cm³/mol. The molecular weight excluding hydrogens is 268 g/mol. The van der Waals surface area contributed by atoms with Gasteiger partial charge in [0.25, 0.3) is 0 Å². The number of unbranched alkanes of at least 4 members (excludes halogenated alkanes) is 2. The smallest absolute Gasteiger partial charge is 0.161 e. The first-order valence-corrected chi connectivity index (χ1v) is 7.05. The third-order valence-corrected chi connectivity index (χ3v) is 2.99. The van der Waals surface area contributed by atoms with Crippen LogP contribution in [0.3, 0.4) is 0 Å². The molecule has 0 spiro atoms. The van der Waals surface area contributed by atoms with Crippen LogP contribution in [0.15, 0.2) is 36.1 Å². The van der Waals surface area contributed by atoms with E-state index in [0.29, 0.717) is 12.2 Å². The van der Waals surface area contributed by atoms with Crippen molar-refractivity contribution in [2.24, 2.45) is 0 Å². The maximum Gasteiger partial charge on any atom is 0.161 e. The molecular formula is C17H22O4. The van der Waals surface area contributed by atoms with Crippen molar-refractivity contribution in [2.45, 2.75) is 32.6 Å². The molecule has 0 bridgehead atoms. The van der Waals surface area contributed by atoms with Crippen LogP contribution in [0.4, 0.5) is 0 Å². The molecule has 1 aromatic rings. The summed E-state index contributed by atoms with van der Waals surface area (Å²) in [6.07, 6.45) is 7.71. The van der Waals surface area contributed by atoms with E-state index in [1.165, 1.54) is 25.3 Å². The molecule has 0 atom stereocenters. The maximum absolute atomic E-state index is 11.6. The number of aliphatic hydroxyl groups is 1. The van der Waals surface area contributed by atoms with Gasteiger partial charge in [0, 0.05) is 12.5 Å². The number of benzene rings is 1. The van der Waals surface area contributed by atoms with Crippen LogP contribution < -0.4 is 4.74 Å². The second kappa shape index (κ2) is 8.84. The number of aliphatic hydroxyl groups excluding tert-OH is 1. The predicted octanol–water partition coefficient (Wildman–Crippen LogP) is 4.01. The van der Waals surface area contributed by atoms with Crippen LogP contribution in [-0.2, 0) is 4.79 Å². The monoisotopic (exact) mass is 290 g/mol. The Bertz CT molecular complexity index is 530. The fourth-order valence-corrected chi connectivity index (χ4v) is 1.81. The van der Waals surface area contributed by atoms with Gasteiger partial charge in [-0.1, -0.05) is 31.9 Å². The molecule has 4 heteroatoms. The van der Waals surface area contributed by atoms with Crippen molar-refractivity contribution in [3.8, 4) is 11.5 Å². The first-order chi connectivity index (χ1) is 10.1. The Morgan fingerprint density at radius 1 is 1.33 bits per heavy atom. The molecule has 2 N–H and O–H groups in total. The summed E-state index contributed by atoms with van der Waals surface area (Å²) >= 11 is 0. The average molecular weight is 290 g/mol. The molecule has 0 saturated carbocycles. The fourth-order valence-electron chi connectivity index (χ4n) is 1.81. The van der Waals surface area contributed by atoms with Gasteiger partial charge in [-0.25, -0.2) is 0 Å². The Balaban J connectivity index is 2.64. The van der Waals surface area contributed by atoms with Crippen molar-refractivity contribution < 1.29 is 19.7 Å². The number of carbonyl (C=O) groups is 1. The minimum Gasteiger partial charge on any atom is -0.508 e. The quantitative estimate of drug-likeness (QED) is 0.328. The molecule has 0 heterocycles. The summed E-state index contributed by atoms with van der Waals surface area (Å²) in [6, 6.07) is 4.84. The minimum absolute atomic E-state index is 0.0560. The zero-order valence-electron chi connectivity index (χ0n) is 12.5. The van der Waals surface area contributed by atoms with Crippen LogP contribution in [-0.4, -0.2) is 23.1 Å². The highest BCUT2D eigenvalue weighted by Gasteiger charge is 2.01. The van der Waals surface area contributed by atoms with Crippen LogP contribution in [0.25, 0.3) is 6.08 Å². The first-order valence-electron chi connectivity index (χ1n) is 7.05. The number of phenolic OH excluding ortho intramolecular Hbond substituents is 1.